The molecule has 0 saturated carbocycles. The van der Waals surface area contributed by atoms with Gasteiger partial charge < -0.3 is 10.8 Å². The summed E-state index contributed by atoms with van der Waals surface area (Å²) < 4.78 is 0.813. The zero-order valence-corrected chi connectivity index (χ0v) is 9.68. The Bertz CT molecular complexity index is 351. The van der Waals surface area contributed by atoms with Gasteiger partial charge in [0.2, 0.25) is 0 Å². The molecule has 0 amide bonds. The van der Waals surface area contributed by atoms with E-state index in [9.17, 15) is 5.11 Å². The van der Waals surface area contributed by atoms with Crippen LogP contribution in [0.15, 0.2) is 22.7 Å². The maximum Gasteiger partial charge on any atom is 0.115 e. The van der Waals surface area contributed by atoms with Crippen LogP contribution in [0.4, 0.5) is 0 Å². The van der Waals surface area contributed by atoms with Crippen molar-refractivity contribution in [2.75, 3.05) is 0 Å². The Morgan fingerprint density at radius 1 is 1.57 bits per heavy atom. The molecular formula is C9H10BrClN2O. The van der Waals surface area contributed by atoms with E-state index in [1.54, 1.807) is 18.2 Å². The van der Waals surface area contributed by atoms with Crippen LogP contribution in [0.3, 0.4) is 0 Å². The number of phenols is 1. The summed E-state index contributed by atoms with van der Waals surface area (Å²) in [5, 5.41) is 17.6. The van der Waals surface area contributed by atoms with E-state index in [-0.39, 0.29) is 30.6 Å². The van der Waals surface area contributed by atoms with Gasteiger partial charge in [0.05, 0.1) is 12.5 Å². The molecule has 14 heavy (non-hydrogen) atoms. The first-order valence-electron chi connectivity index (χ1n) is 3.76. The number of rotatable bonds is 2. The van der Waals surface area contributed by atoms with Crippen molar-refractivity contribution in [1.29, 1.82) is 5.26 Å². The number of nitrogens with zero attached hydrogens (tertiary/aromatic N) is 1. The Hall–Kier alpha value is -0.760. The Morgan fingerprint density at radius 3 is 2.79 bits per heavy atom. The van der Waals surface area contributed by atoms with E-state index in [0.29, 0.717) is 0 Å². The van der Waals surface area contributed by atoms with E-state index in [1.165, 1.54) is 0 Å². The van der Waals surface area contributed by atoms with Gasteiger partial charge in [-0.2, -0.15) is 5.26 Å². The number of phenolic OH excluding ortho intramolecular Hbond substituents is 1. The number of nitriles is 1. The van der Waals surface area contributed by atoms with Crippen molar-refractivity contribution in [3.8, 4) is 11.8 Å². The molecule has 0 aromatic heterocycles. The predicted molar refractivity (Wildman–Crippen MR) is 60.2 cm³/mol. The van der Waals surface area contributed by atoms with Crippen LogP contribution in [0.2, 0.25) is 0 Å². The average molecular weight is 278 g/mol. The van der Waals surface area contributed by atoms with Crippen LogP contribution in [0.25, 0.3) is 0 Å². The molecule has 1 aromatic carbocycles. The normalized spacial score (nSPS) is 11.2. The third-order valence-corrected chi connectivity index (χ3v) is 2.41. The molecule has 0 fully saturated rings. The number of benzene rings is 1. The van der Waals surface area contributed by atoms with E-state index < -0.39 is 0 Å². The average Bonchev–Trinajstić information content (AvgIpc) is 2.09. The second-order valence-corrected chi connectivity index (χ2v) is 3.53. The molecule has 5 heteroatoms. The van der Waals surface area contributed by atoms with E-state index in [1.807, 2.05) is 6.07 Å². The van der Waals surface area contributed by atoms with Crippen LogP contribution in [0.1, 0.15) is 18.0 Å². The predicted octanol–water partition coefficient (Wildman–Crippen LogP) is 2.49. The molecule has 0 heterocycles. The molecule has 1 rings (SSSR count). The lowest BCUT2D eigenvalue weighted by atomic mass is 10.1. The highest BCUT2D eigenvalue weighted by Crippen LogP contribution is 2.27. The van der Waals surface area contributed by atoms with Gasteiger partial charge in [0.25, 0.3) is 0 Å². The van der Waals surface area contributed by atoms with Crippen LogP contribution in [0, 0.1) is 11.3 Å². The number of halogens is 2. The van der Waals surface area contributed by atoms with Gasteiger partial charge in [-0.3, -0.25) is 0 Å². The summed E-state index contributed by atoms with van der Waals surface area (Å²) in [6.45, 7) is 0. The molecule has 3 nitrogen and oxygen atoms in total. The fraction of sp³-hybridized carbons (Fsp3) is 0.222. The number of hydrogen-bond donors (Lipinski definition) is 2. The van der Waals surface area contributed by atoms with Crippen LogP contribution < -0.4 is 5.73 Å². The van der Waals surface area contributed by atoms with Gasteiger partial charge in [0.1, 0.15) is 5.75 Å². The molecule has 0 bridgehead atoms. The summed E-state index contributed by atoms with van der Waals surface area (Å²) in [7, 11) is 0. The summed E-state index contributed by atoms with van der Waals surface area (Å²) in [6, 6.07) is 6.46. The van der Waals surface area contributed by atoms with Crippen molar-refractivity contribution < 1.29 is 5.11 Å². The lowest BCUT2D eigenvalue weighted by molar-refractivity contribution is 0.473. The van der Waals surface area contributed by atoms with Gasteiger partial charge >= 0.3 is 0 Å². The van der Waals surface area contributed by atoms with Crippen LogP contribution in [0.5, 0.6) is 5.75 Å². The van der Waals surface area contributed by atoms with E-state index in [4.69, 9.17) is 11.0 Å². The quantitative estimate of drug-likeness (QED) is 0.872. The Kier molecular flexibility index (Phi) is 5.55. The minimum atomic E-state index is -0.355. The second kappa shape index (κ2) is 5.86. The molecule has 3 N–H and O–H groups in total. The maximum atomic E-state index is 9.20. The van der Waals surface area contributed by atoms with Gasteiger partial charge in [-0.05, 0) is 23.8 Å². The van der Waals surface area contributed by atoms with Gasteiger partial charge in [-0.15, -0.1) is 12.4 Å². The molecular weight excluding hydrogens is 267 g/mol. The monoisotopic (exact) mass is 276 g/mol. The number of hydrogen-bond acceptors (Lipinski definition) is 3. The van der Waals surface area contributed by atoms with Crippen LogP contribution in [-0.4, -0.2) is 5.11 Å². The largest absolute Gasteiger partial charge is 0.508 e. The Morgan fingerprint density at radius 2 is 2.21 bits per heavy atom. The number of nitrogens with two attached hydrogens (primary N) is 1. The fourth-order valence-corrected chi connectivity index (χ4v) is 1.56. The standard InChI is InChI=1S/C9H9BrN2O.ClH/c10-8-2-1-6(13)5-7(8)9(12)3-4-11;/h1-2,5,9,13H,3,12H2;1H/t9-;/m0./s1. The lowest BCUT2D eigenvalue weighted by Gasteiger charge is -2.10. The maximum absolute atomic E-state index is 9.20. The summed E-state index contributed by atoms with van der Waals surface area (Å²) in [4.78, 5) is 0. The second-order valence-electron chi connectivity index (χ2n) is 2.67. The molecule has 76 valence electrons. The van der Waals surface area contributed by atoms with Crippen LogP contribution >= 0.6 is 28.3 Å². The summed E-state index contributed by atoms with van der Waals surface area (Å²) in [5.41, 5.74) is 6.46. The minimum Gasteiger partial charge on any atom is -0.508 e. The van der Waals surface area contributed by atoms with Crippen molar-refractivity contribution >= 4 is 28.3 Å². The Labute approximate surface area is 97.1 Å². The zero-order valence-electron chi connectivity index (χ0n) is 7.27. The minimum absolute atomic E-state index is 0. The molecule has 0 aliphatic carbocycles. The van der Waals surface area contributed by atoms with E-state index in [2.05, 4.69) is 15.9 Å². The Balaban J connectivity index is 0.00000169. The molecule has 0 radical (unpaired) electrons. The van der Waals surface area contributed by atoms with Crippen LogP contribution in [-0.2, 0) is 0 Å². The highest BCUT2D eigenvalue weighted by Gasteiger charge is 2.09. The van der Waals surface area contributed by atoms with Gasteiger partial charge in [0, 0.05) is 10.5 Å². The summed E-state index contributed by atoms with van der Waals surface area (Å²) >= 11 is 3.30. The molecule has 1 atom stereocenters. The van der Waals surface area contributed by atoms with Gasteiger partial charge in [-0.1, -0.05) is 15.9 Å². The van der Waals surface area contributed by atoms with E-state index in [0.717, 1.165) is 10.0 Å². The third kappa shape index (κ3) is 3.18. The van der Waals surface area contributed by atoms with E-state index >= 15 is 0 Å². The molecule has 1 aromatic rings. The number of aromatic hydroxyl groups is 1. The fourth-order valence-electron chi connectivity index (χ4n) is 1.02. The molecule has 0 aliphatic rings. The smallest absolute Gasteiger partial charge is 0.115 e. The van der Waals surface area contributed by atoms with Gasteiger partial charge in [-0.25, -0.2) is 0 Å². The summed E-state index contributed by atoms with van der Waals surface area (Å²) in [6.07, 6.45) is 0.238. The first kappa shape index (κ1) is 13.2. The SMILES string of the molecule is Cl.N#CC[C@H](N)c1cc(O)ccc1Br. The molecule has 0 saturated heterocycles. The first-order chi connectivity index (χ1) is 6.15. The highest BCUT2D eigenvalue weighted by atomic mass is 79.9. The zero-order chi connectivity index (χ0) is 9.84. The molecule has 0 aliphatic heterocycles. The summed E-state index contributed by atoms with van der Waals surface area (Å²) in [5.74, 6) is 0.159. The third-order valence-electron chi connectivity index (χ3n) is 1.69. The molecule has 0 unspecified atom stereocenters. The van der Waals surface area contributed by atoms with Crippen molar-refractivity contribution in [3.05, 3.63) is 28.2 Å². The highest BCUT2D eigenvalue weighted by molar-refractivity contribution is 9.10. The lowest BCUT2D eigenvalue weighted by Crippen LogP contribution is -2.09. The van der Waals surface area contributed by atoms with Crippen molar-refractivity contribution in [2.24, 2.45) is 5.73 Å². The van der Waals surface area contributed by atoms with Crippen molar-refractivity contribution in [1.82, 2.24) is 0 Å². The topological polar surface area (TPSA) is 70.0 Å². The molecule has 0 spiro atoms. The van der Waals surface area contributed by atoms with Crippen molar-refractivity contribution in [3.63, 3.8) is 0 Å². The first-order valence-corrected chi connectivity index (χ1v) is 4.55. The van der Waals surface area contributed by atoms with Crippen molar-refractivity contribution in [2.45, 2.75) is 12.5 Å². The van der Waals surface area contributed by atoms with Gasteiger partial charge in [0.15, 0.2) is 0 Å².